The Hall–Kier alpha value is -0.120. The van der Waals surface area contributed by atoms with E-state index in [4.69, 9.17) is 0 Å². The van der Waals surface area contributed by atoms with E-state index in [0.29, 0.717) is 5.56 Å². The fraction of sp³-hybridized carbons (Fsp3) is 0.250. The van der Waals surface area contributed by atoms with Crippen LogP contribution in [-0.2, 0) is 25.1 Å². The van der Waals surface area contributed by atoms with Crippen LogP contribution in [0.25, 0.3) is 0 Å². The van der Waals surface area contributed by atoms with Crippen molar-refractivity contribution in [2.24, 2.45) is 0 Å². The van der Waals surface area contributed by atoms with E-state index in [9.17, 15) is 21.6 Å². The van der Waals surface area contributed by atoms with Gasteiger partial charge in [0.05, 0.1) is 0 Å². The van der Waals surface area contributed by atoms with Crippen molar-refractivity contribution in [2.45, 2.75) is 12.1 Å². The van der Waals surface area contributed by atoms with Crippen molar-refractivity contribution in [3.63, 3.8) is 0 Å². The first-order chi connectivity index (χ1) is 7.29. The maximum absolute atomic E-state index is 11.5. The van der Waals surface area contributed by atoms with E-state index >= 15 is 0 Å². The summed E-state index contributed by atoms with van der Waals surface area (Å²) in [7, 11) is -4.41. The third-order valence-electron chi connectivity index (χ3n) is 1.42. The van der Waals surface area contributed by atoms with Crippen LogP contribution in [0.4, 0.5) is 13.2 Å². The topological polar surface area (TPSA) is 52.6 Å². The summed E-state index contributed by atoms with van der Waals surface area (Å²) in [4.78, 5) is 2.78. The van der Waals surface area contributed by atoms with E-state index in [1.807, 2.05) is 0 Å². The van der Waals surface area contributed by atoms with Crippen LogP contribution in [0.1, 0.15) is 5.56 Å². The van der Waals surface area contributed by atoms with Crippen molar-refractivity contribution in [1.29, 1.82) is 0 Å². The van der Waals surface area contributed by atoms with Gasteiger partial charge in [-0.25, -0.2) is 0 Å². The molecule has 0 radical (unpaired) electrons. The van der Waals surface area contributed by atoms with Crippen molar-refractivity contribution in [2.75, 3.05) is 0 Å². The molecule has 17 heavy (non-hydrogen) atoms. The number of hydrogen-bond acceptors (Lipinski definition) is 4. The molecule has 0 unspecified atom stereocenters. The van der Waals surface area contributed by atoms with E-state index < -0.39 is 22.2 Å². The summed E-state index contributed by atoms with van der Waals surface area (Å²) < 4.78 is 59.9. The van der Waals surface area contributed by atoms with Crippen LogP contribution in [0.5, 0.6) is 0 Å². The van der Waals surface area contributed by atoms with Gasteiger partial charge in [-0.15, -0.1) is 18.1 Å². The predicted molar refractivity (Wildman–Crippen MR) is 54.4 cm³/mol. The molecule has 0 spiro atoms. The molecular weight excluding hydrogens is 272 g/mol. The Morgan fingerprint density at radius 1 is 1.12 bits per heavy atom. The first-order valence-electron chi connectivity index (χ1n) is 3.99. The van der Waals surface area contributed by atoms with Crippen molar-refractivity contribution in [3.05, 3.63) is 35.9 Å². The third kappa shape index (κ3) is 7.74. The summed E-state index contributed by atoms with van der Waals surface area (Å²) in [6.45, 7) is 0. The molecule has 1 rings (SSSR count). The second-order valence-electron chi connectivity index (χ2n) is 2.78. The predicted octanol–water partition coefficient (Wildman–Crippen LogP) is 1.34. The molecule has 92 valence electrons. The molecule has 0 amide bonds. The van der Waals surface area contributed by atoms with Crippen LogP contribution in [-0.4, -0.2) is 44.3 Å². The Kier molecular flexibility index (Phi) is 6.67. The van der Waals surface area contributed by atoms with Crippen LogP contribution in [0.2, 0.25) is 0 Å². The molecule has 0 aromatic heterocycles. The Morgan fingerprint density at radius 2 is 1.65 bits per heavy atom. The standard InChI is InChI=1S/C8H7F3O4S.Na.H/c9-8(10,11)14-15-16(12,13)6-7-4-2-1-3-5-7;;/h1-5H,6H2;;. The Bertz CT molecular complexity index is 432. The number of benzene rings is 1. The molecule has 0 aliphatic heterocycles. The van der Waals surface area contributed by atoms with E-state index in [1.165, 1.54) is 12.1 Å². The van der Waals surface area contributed by atoms with Crippen molar-refractivity contribution in [1.82, 2.24) is 0 Å². The van der Waals surface area contributed by atoms with Crippen molar-refractivity contribution < 1.29 is 30.8 Å². The van der Waals surface area contributed by atoms with E-state index in [2.05, 4.69) is 9.22 Å². The number of alkyl halides is 3. The van der Waals surface area contributed by atoms with Crippen LogP contribution >= 0.6 is 0 Å². The molecule has 0 fully saturated rings. The maximum atomic E-state index is 11.5. The van der Waals surface area contributed by atoms with Gasteiger partial charge in [-0.1, -0.05) is 34.7 Å². The number of hydrogen-bond donors (Lipinski definition) is 0. The van der Waals surface area contributed by atoms with Crippen LogP contribution in [0.3, 0.4) is 0 Å². The molecule has 0 aliphatic rings. The molecule has 0 atom stereocenters. The average molecular weight is 280 g/mol. The van der Waals surface area contributed by atoms with Gasteiger partial charge in [-0.3, -0.25) is 0 Å². The van der Waals surface area contributed by atoms with Crippen LogP contribution < -0.4 is 0 Å². The van der Waals surface area contributed by atoms with Gasteiger partial charge in [0.15, 0.2) is 0 Å². The summed E-state index contributed by atoms with van der Waals surface area (Å²) >= 11 is 0. The van der Waals surface area contributed by atoms with E-state index in [-0.39, 0.29) is 29.6 Å². The summed E-state index contributed by atoms with van der Waals surface area (Å²) in [6.07, 6.45) is -5.15. The minimum atomic E-state index is -5.15. The molecule has 0 N–H and O–H groups in total. The molecule has 0 heterocycles. The second-order valence-corrected chi connectivity index (χ2v) is 4.32. The van der Waals surface area contributed by atoms with Gasteiger partial charge >= 0.3 is 35.9 Å². The number of halogens is 3. The number of rotatable bonds is 4. The Labute approximate surface area is 118 Å². The van der Waals surface area contributed by atoms with Gasteiger partial charge in [0.2, 0.25) is 0 Å². The van der Waals surface area contributed by atoms with Gasteiger partial charge in [0, 0.05) is 0 Å². The molecule has 9 heteroatoms. The van der Waals surface area contributed by atoms with E-state index in [1.54, 1.807) is 18.2 Å². The van der Waals surface area contributed by atoms with Gasteiger partial charge in [0.25, 0.3) is 10.1 Å². The average Bonchev–Trinajstić information content (AvgIpc) is 2.15. The van der Waals surface area contributed by atoms with Crippen LogP contribution in [0, 0.1) is 0 Å². The molecule has 1 aromatic rings. The first kappa shape index (κ1) is 16.9. The summed E-state index contributed by atoms with van der Waals surface area (Å²) in [5, 5.41) is 0. The van der Waals surface area contributed by atoms with Gasteiger partial charge < -0.3 is 0 Å². The molecule has 0 saturated heterocycles. The zero-order chi connectivity index (χ0) is 12.2. The minimum absolute atomic E-state index is 0. The molecule has 1 aromatic carbocycles. The zero-order valence-electron chi connectivity index (χ0n) is 7.77. The third-order valence-corrected chi connectivity index (χ3v) is 2.38. The Balaban J connectivity index is 0.00000256. The summed E-state index contributed by atoms with van der Waals surface area (Å²) in [5.74, 6) is -0.691. The fourth-order valence-corrected chi connectivity index (χ4v) is 1.72. The van der Waals surface area contributed by atoms with Gasteiger partial charge in [-0.2, -0.15) is 8.42 Å². The molecule has 0 bridgehead atoms. The SMILES string of the molecule is O=S(=O)(Cc1ccccc1)OOC(F)(F)F.[NaH]. The normalized spacial score (nSPS) is 11.9. The Morgan fingerprint density at radius 3 is 2.12 bits per heavy atom. The van der Waals surface area contributed by atoms with Crippen molar-refractivity contribution >= 4 is 39.7 Å². The molecule has 4 nitrogen and oxygen atoms in total. The fourth-order valence-electron chi connectivity index (χ4n) is 0.893. The second kappa shape index (κ2) is 6.72. The van der Waals surface area contributed by atoms with Crippen LogP contribution in [0.15, 0.2) is 30.3 Å². The summed E-state index contributed by atoms with van der Waals surface area (Å²) in [5.41, 5.74) is 0.299. The van der Waals surface area contributed by atoms with Crippen molar-refractivity contribution in [3.8, 4) is 0 Å². The molecule has 0 aliphatic carbocycles. The van der Waals surface area contributed by atoms with Gasteiger partial charge in [-0.05, 0) is 5.56 Å². The van der Waals surface area contributed by atoms with Gasteiger partial charge in [0.1, 0.15) is 5.75 Å². The first-order valence-corrected chi connectivity index (χ1v) is 5.57. The quantitative estimate of drug-likeness (QED) is 0.474. The molecular formula is C8H8F3NaO4S. The summed E-state index contributed by atoms with van der Waals surface area (Å²) in [6, 6.07) is 7.62. The molecule has 0 saturated carbocycles. The monoisotopic (exact) mass is 280 g/mol. The van der Waals surface area contributed by atoms with E-state index in [0.717, 1.165) is 0 Å². The zero-order valence-corrected chi connectivity index (χ0v) is 8.59.